The number of nitrogens with one attached hydrogen (secondary N) is 2. The van der Waals surface area contributed by atoms with Gasteiger partial charge in [0.15, 0.2) is 4.34 Å². The summed E-state index contributed by atoms with van der Waals surface area (Å²) in [6.07, 6.45) is 3.37. The third-order valence-electron chi connectivity index (χ3n) is 5.26. The number of rotatable bonds is 8. The molecule has 180 valence electrons. The van der Waals surface area contributed by atoms with Crippen molar-refractivity contribution in [3.05, 3.63) is 90.4 Å². The summed E-state index contributed by atoms with van der Waals surface area (Å²) < 4.78 is 16.8. The van der Waals surface area contributed by atoms with Crippen molar-refractivity contribution in [1.82, 2.24) is 15.0 Å². The van der Waals surface area contributed by atoms with E-state index in [1.54, 1.807) is 28.3 Å². The number of hydrazone groups is 1. The lowest BCUT2D eigenvalue weighted by atomic mass is 10.2. The predicted octanol–water partition coefficient (Wildman–Crippen LogP) is 5.27. The zero-order chi connectivity index (χ0) is 24.9. The van der Waals surface area contributed by atoms with Gasteiger partial charge in [-0.3, -0.25) is 9.59 Å². The van der Waals surface area contributed by atoms with Crippen LogP contribution in [0.1, 0.15) is 5.56 Å². The average molecular weight is 518 g/mol. The van der Waals surface area contributed by atoms with Crippen molar-refractivity contribution in [2.45, 2.75) is 10.9 Å². The highest BCUT2D eigenvalue weighted by Gasteiger charge is 2.11. The first-order chi connectivity index (χ1) is 17.5. The summed E-state index contributed by atoms with van der Waals surface area (Å²) in [5, 5.41) is 7.77. The average Bonchev–Trinajstić information content (AvgIpc) is 3.45. The number of para-hydroxylation sites is 2. The standard InChI is InChI=1S/C26H20FN5O2S2/c27-18-9-11-19(12-10-18)29-24(33)15-32-14-17(20-5-1-3-7-22(20)32)13-28-31-25(34)16-35-26-30-21-6-2-4-8-23(21)36-26/h1-14H,15-16H2,(H,29,33)(H,31,34). The van der Waals surface area contributed by atoms with Crippen molar-refractivity contribution >= 4 is 67.9 Å². The summed E-state index contributed by atoms with van der Waals surface area (Å²) in [6.45, 7) is 0.0664. The minimum Gasteiger partial charge on any atom is -0.337 e. The van der Waals surface area contributed by atoms with Crippen LogP contribution in [-0.2, 0) is 16.1 Å². The van der Waals surface area contributed by atoms with Gasteiger partial charge in [0.1, 0.15) is 12.4 Å². The van der Waals surface area contributed by atoms with Gasteiger partial charge in [0.05, 0.1) is 22.2 Å². The second kappa shape index (κ2) is 10.7. The van der Waals surface area contributed by atoms with Crippen LogP contribution < -0.4 is 10.7 Å². The lowest BCUT2D eigenvalue weighted by Crippen LogP contribution is -2.19. The SMILES string of the molecule is O=C(CSc1nc2ccccc2s1)NN=Cc1cn(CC(=O)Nc2ccc(F)cc2)c2ccccc12. The lowest BCUT2D eigenvalue weighted by Gasteiger charge is -2.07. The quantitative estimate of drug-likeness (QED) is 0.167. The van der Waals surface area contributed by atoms with Crippen molar-refractivity contribution in [1.29, 1.82) is 0 Å². The molecule has 0 aliphatic rings. The molecule has 5 rings (SSSR count). The first kappa shape index (κ1) is 23.7. The minimum absolute atomic E-state index is 0.0664. The molecule has 2 aromatic heterocycles. The Morgan fingerprint density at radius 3 is 2.64 bits per heavy atom. The van der Waals surface area contributed by atoms with Crippen LogP contribution in [0.4, 0.5) is 10.1 Å². The molecule has 2 amide bonds. The van der Waals surface area contributed by atoms with Crippen LogP contribution in [0.15, 0.2) is 88.4 Å². The van der Waals surface area contributed by atoms with Crippen molar-refractivity contribution in [3.8, 4) is 0 Å². The normalized spacial score (nSPS) is 11.4. The smallest absolute Gasteiger partial charge is 0.250 e. The third-order valence-corrected chi connectivity index (χ3v) is 7.43. The van der Waals surface area contributed by atoms with E-state index in [1.165, 1.54) is 36.0 Å². The Kier molecular flexibility index (Phi) is 7.06. The van der Waals surface area contributed by atoms with Crippen LogP contribution in [0.5, 0.6) is 0 Å². The molecule has 0 aliphatic carbocycles. The highest BCUT2D eigenvalue weighted by Crippen LogP contribution is 2.29. The number of benzene rings is 3. The number of thiazole rings is 1. The molecule has 0 fully saturated rings. The number of carbonyl (C=O) groups is 2. The van der Waals surface area contributed by atoms with Gasteiger partial charge in [0, 0.05) is 28.4 Å². The highest BCUT2D eigenvalue weighted by atomic mass is 32.2. The zero-order valence-electron chi connectivity index (χ0n) is 18.8. The molecule has 36 heavy (non-hydrogen) atoms. The van der Waals surface area contributed by atoms with Crippen LogP contribution in [0.25, 0.3) is 21.1 Å². The van der Waals surface area contributed by atoms with Crippen molar-refractivity contribution in [3.63, 3.8) is 0 Å². The number of amides is 2. The maximum absolute atomic E-state index is 13.1. The molecule has 0 aliphatic heterocycles. The van der Waals surface area contributed by atoms with E-state index >= 15 is 0 Å². The van der Waals surface area contributed by atoms with Gasteiger partial charge < -0.3 is 9.88 Å². The van der Waals surface area contributed by atoms with Gasteiger partial charge in [0.25, 0.3) is 5.91 Å². The summed E-state index contributed by atoms with van der Waals surface area (Å²) in [7, 11) is 0. The van der Waals surface area contributed by atoms with Crippen LogP contribution in [0.3, 0.4) is 0 Å². The van der Waals surface area contributed by atoms with E-state index in [4.69, 9.17) is 0 Å². The molecule has 0 saturated carbocycles. The summed E-state index contributed by atoms with van der Waals surface area (Å²) in [4.78, 5) is 29.3. The third kappa shape index (κ3) is 5.61. The number of hydrogen-bond donors (Lipinski definition) is 2. The number of thioether (sulfide) groups is 1. The number of nitrogens with zero attached hydrogens (tertiary/aromatic N) is 3. The monoisotopic (exact) mass is 517 g/mol. The van der Waals surface area contributed by atoms with Crippen molar-refractivity contribution in [2.24, 2.45) is 5.10 Å². The summed E-state index contributed by atoms with van der Waals surface area (Å²) in [5.41, 5.74) is 5.61. The van der Waals surface area contributed by atoms with Crippen molar-refractivity contribution < 1.29 is 14.0 Å². The second-order valence-corrected chi connectivity index (χ2v) is 10.1. The molecular formula is C26H20FN5O2S2. The summed E-state index contributed by atoms with van der Waals surface area (Å²) in [6, 6.07) is 21.1. The maximum atomic E-state index is 13.1. The molecule has 0 radical (unpaired) electrons. The summed E-state index contributed by atoms with van der Waals surface area (Å²) in [5.74, 6) is -0.651. The van der Waals surface area contributed by atoms with E-state index in [0.29, 0.717) is 5.69 Å². The van der Waals surface area contributed by atoms with Gasteiger partial charge in [-0.1, -0.05) is 42.1 Å². The molecule has 5 aromatic rings. The fourth-order valence-electron chi connectivity index (χ4n) is 3.64. The van der Waals surface area contributed by atoms with E-state index in [2.05, 4.69) is 20.8 Å². The first-order valence-electron chi connectivity index (χ1n) is 11.0. The Labute approximate surface area is 214 Å². The zero-order valence-corrected chi connectivity index (χ0v) is 20.5. The maximum Gasteiger partial charge on any atom is 0.250 e. The number of hydrogen-bond acceptors (Lipinski definition) is 6. The molecule has 2 heterocycles. The second-order valence-electron chi connectivity index (χ2n) is 7.81. The first-order valence-corrected chi connectivity index (χ1v) is 12.8. The van der Waals surface area contributed by atoms with E-state index < -0.39 is 0 Å². The summed E-state index contributed by atoms with van der Waals surface area (Å²) >= 11 is 2.92. The minimum atomic E-state index is -0.365. The van der Waals surface area contributed by atoms with Gasteiger partial charge in [-0.2, -0.15) is 5.10 Å². The molecule has 0 saturated heterocycles. The van der Waals surface area contributed by atoms with E-state index in [-0.39, 0.29) is 29.9 Å². The van der Waals surface area contributed by atoms with Gasteiger partial charge in [-0.05, 0) is 42.5 Å². The molecular weight excluding hydrogens is 497 g/mol. The lowest BCUT2D eigenvalue weighted by molar-refractivity contribution is -0.118. The molecule has 2 N–H and O–H groups in total. The fraction of sp³-hybridized carbons (Fsp3) is 0.0769. The largest absolute Gasteiger partial charge is 0.337 e. The Morgan fingerprint density at radius 1 is 1.03 bits per heavy atom. The number of anilines is 1. The van der Waals surface area contributed by atoms with Crippen molar-refractivity contribution in [2.75, 3.05) is 11.1 Å². The van der Waals surface area contributed by atoms with E-state index in [9.17, 15) is 14.0 Å². The fourth-order valence-corrected chi connectivity index (χ4v) is 5.50. The predicted molar refractivity (Wildman–Crippen MR) is 143 cm³/mol. The molecule has 0 spiro atoms. The van der Waals surface area contributed by atoms with Crippen LogP contribution in [0.2, 0.25) is 0 Å². The van der Waals surface area contributed by atoms with Gasteiger partial charge >= 0.3 is 0 Å². The molecule has 0 atom stereocenters. The number of carbonyl (C=O) groups excluding carboxylic acids is 2. The highest BCUT2D eigenvalue weighted by molar-refractivity contribution is 8.01. The Hall–Kier alpha value is -4.02. The van der Waals surface area contributed by atoms with E-state index in [0.717, 1.165) is 31.0 Å². The Balaban J connectivity index is 1.21. The number of aromatic nitrogens is 2. The number of fused-ring (bicyclic) bond motifs is 2. The Morgan fingerprint density at radius 2 is 1.81 bits per heavy atom. The van der Waals surface area contributed by atoms with Gasteiger partial charge in [-0.25, -0.2) is 14.8 Å². The van der Waals surface area contributed by atoms with Gasteiger partial charge in [0.2, 0.25) is 5.91 Å². The Bertz CT molecular complexity index is 1540. The molecule has 7 nitrogen and oxygen atoms in total. The van der Waals surface area contributed by atoms with Crippen LogP contribution >= 0.6 is 23.1 Å². The van der Waals surface area contributed by atoms with E-state index in [1.807, 2.05) is 48.5 Å². The topological polar surface area (TPSA) is 88.4 Å². The number of halogens is 1. The van der Waals surface area contributed by atoms with Crippen LogP contribution in [-0.4, -0.2) is 33.3 Å². The molecule has 0 unspecified atom stereocenters. The van der Waals surface area contributed by atoms with Crippen LogP contribution in [0, 0.1) is 5.82 Å². The molecule has 0 bridgehead atoms. The molecule has 3 aromatic carbocycles. The van der Waals surface area contributed by atoms with Gasteiger partial charge in [-0.15, -0.1) is 11.3 Å². The molecule has 10 heteroatoms.